The number of likely N-dealkylation sites (tertiary alicyclic amines) is 1. The molecule has 0 aliphatic carbocycles. The molecule has 5 nitrogen and oxygen atoms in total. The van der Waals surface area contributed by atoms with Crippen LogP contribution < -0.4 is 0 Å². The lowest BCUT2D eigenvalue weighted by atomic mass is 9.93. The van der Waals surface area contributed by atoms with Crippen LogP contribution in [-0.2, 0) is 13.0 Å². The fraction of sp³-hybridized carbons (Fsp3) is 0.625. The third-order valence-electron chi connectivity index (χ3n) is 4.43. The van der Waals surface area contributed by atoms with E-state index in [2.05, 4.69) is 21.5 Å². The molecule has 1 N–H and O–H groups in total. The molecule has 3 heterocycles. The van der Waals surface area contributed by atoms with E-state index >= 15 is 0 Å². The van der Waals surface area contributed by atoms with E-state index in [1.165, 1.54) is 25.9 Å². The standard InChI is InChI=1S/C16H24N4O/c1-19-9-5-13(6-10-19)12-15-18-14-4-2-7-17-16(14)20(15)8-3-11-21/h2,4,7,13,21H,3,5-6,8-12H2,1H3. The van der Waals surface area contributed by atoms with Gasteiger partial charge in [-0.3, -0.25) is 0 Å². The number of aryl methyl sites for hydroxylation is 1. The summed E-state index contributed by atoms with van der Waals surface area (Å²) in [5, 5.41) is 9.12. The maximum Gasteiger partial charge on any atom is 0.159 e. The zero-order valence-corrected chi connectivity index (χ0v) is 12.7. The maximum atomic E-state index is 9.12. The van der Waals surface area contributed by atoms with Gasteiger partial charge in [-0.15, -0.1) is 0 Å². The van der Waals surface area contributed by atoms with Crippen LogP contribution in [0.4, 0.5) is 0 Å². The molecule has 1 fully saturated rings. The number of aromatic nitrogens is 3. The van der Waals surface area contributed by atoms with Gasteiger partial charge in [0.25, 0.3) is 0 Å². The van der Waals surface area contributed by atoms with Gasteiger partial charge in [0.2, 0.25) is 0 Å². The van der Waals surface area contributed by atoms with Crippen LogP contribution in [0.15, 0.2) is 18.3 Å². The molecule has 0 radical (unpaired) electrons. The zero-order valence-electron chi connectivity index (χ0n) is 12.7. The monoisotopic (exact) mass is 288 g/mol. The van der Waals surface area contributed by atoms with E-state index in [4.69, 9.17) is 10.1 Å². The van der Waals surface area contributed by atoms with E-state index in [0.29, 0.717) is 5.92 Å². The number of piperidine rings is 1. The highest BCUT2D eigenvalue weighted by Crippen LogP contribution is 2.23. The normalized spacial score (nSPS) is 17.6. The van der Waals surface area contributed by atoms with Crippen molar-refractivity contribution in [2.24, 2.45) is 5.92 Å². The molecule has 2 aromatic heterocycles. The first-order valence-corrected chi connectivity index (χ1v) is 7.87. The third-order valence-corrected chi connectivity index (χ3v) is 4.43. The highest BCUT2D eigenvalue weighted by atomic mass is 16.3. The molecule has 0 spiro atoms. The number of imidazole rings is 1. The van der Waals surface area contributed by atoms with Crippen LogP contribution in [0.3, 0.4) is 0 Å². The van der Waals surface area contributed by atoms with Crippen molar-refractivity contribution in [3.8, 4) is 0 Å². The summed E-state index contributed by atoms with van der Waals surface area (Å²) in [5.74, 6) is 1.84. The van der Waals surface area contributed by atoms with E-state index in [9.17, 15) is 0 Å². The number of pyridine rings is 1. The third kappa shape index (κ3) is 3.24. The molecule has 3 rings (SSSR count). The fourth-order valence-electron chi connectivity index (χ4n) is 3.15. The number of rotatable bonds is 5. The maximum absolute atomic E-state index is 9.12. The Labute approximate surface area is 125 Å². The van der Waals surface area contributed by atoms with Crippen molar-refractivity contribution in [2.45, 2.75) is 32.2 Å². The Bertz CT molecular complexity index is 587. The first kappa shape index (κ1) is 14.5. The molecular weight excluding hydrogens is 264 g/mol. The predicted molar refractivity (Wildman–Crippen MR) is 83.2 cm³/mol. The second kappa shape index (κ2) is 6.54. The van der Waals surface area contributed by atoms with Crippen LogP contribution in [-0.4, -0.2) is 51.3 Å². The Kier molecular flexibility index (Phi) is 4.51. The minimum Gasteiger partial charge on any atom is -0.396 e. The van der Waals surface area contributed by atoms with E-state index < -0.39 is 0 Å². The SMILES string of the molecule is CN1CCC(Cc2nc3cccnc3n2CCCO)CC1. The molecule has 1 aliphatic rings. The summed E-state index contributed by atoms with van der Waals surface area (Å²) in [5.41, 5.74) is 1.92. The molecule has 5 heteroatoms. The van der Waals surface area contributed by atoms with Gasteiger partial charge in [-0.2, -0.15) is 0 Å². The molecule has 0 saturated carbocycles. The van der Waals surface area contributed by atoms with Gasteiger partial charge < -0.3 is 14.6 Å². The Hall–Kier alpha value is -1.46. The molecule has 0 unspecified atom stereocenters. The number of nitrogens with zero attached hydrogens (tertiary/aromatic N) is 4. The molecule has 2 aromatic rings. The topological polar surface area (TPSA) is 54.2 Å². The van der Waals surface area contributed by atoms with Gasteiger partial charge in [-0.25, -0.2) is 9.97 Å². The Morgan fingerprint density at radius 1 is 1.33 bits per heavy atom. The van der Waals surface area contributed by atoms with Gasteiger partial charge in [0.1, 0.15) is 11.3 Å². The number of hydrogen-bond donors (Lipinski definition) is 1. The van der Waals surface area contributed by atoms with Crippen LogP contribution >= 0.6 is 0 Å². The van der Waals surface area contributed by atoms with E-state index in [1.807, 2.05) is 18.3 Å². The number of fused-ring (bicyclic) bond motifs is 1. The van der Waals surface area contributed by atoms with Crippen molar-refractivity contribution in [1.82, 2.24) is 19.4 Å². The largest absolute Gasteiger partial charge is 0.396 e. The van der Waals surface area contributed by atoms with Crippen molar-refractivity contribution >= 4 is 11.2 Å². The highest BCUT2D eigenvalue weighted by molar-refractivity contribution is 5.71. The van der Waals surface area contributed by atoms with Crippen LogP contribution in [0.2, 0.25) is 0 Å². The Morgan fingerprint density at radius 3 is 2.90 bits per heavy atom. The van der Waals surface area contributed by atoms with Crippen LogP contribution in [0.25, 0.3) is 11.2 Å². The van der Waals surface area contributed by atoms with Gasteiger partial charge in [0.15, 0.2) is 5.65 Å². The lowest BCUT2D eigenvalue weighted by Crippen LogP contribution is -2.31. The Balaban J connectivity index is 1.82. The van der Waals surface area contributed by atoms with Crippen molar-refractivity contribution in [3.05, 3.63) is 24.2 Å². The average Bonchev–Trinajstić information content (AvgIpc) is 2.85. The molecular formula is C16H24N4O. The summed E-state index contributed by atoms with van der Waals surface area (Å²) in [6.07, 6.45) is 6.08. The van der Waals surface area contributed by atoms with Crippen molar-refractivity contribution in [1.29, 1.82) is 0 Å². The summed E-state index contributed by atoms with van der Waals surface area (Å²) in [6.45, 7) is 3.37. The first-order valence-electron chi connectivity index (χ1n) is 7.87. The Morgan fingerprint density at radius 2 is 2.14 bits per heavy atom. The van der Waals surface area contributed by atoms with E-state index in [0.717, 1.165) is 36.4 Å². The lowest BCUT2D eigenvalue weighted by molar-refractivity contribution is 0.216. The van der Waals surface area contributed by atoms with Crippen LogP contribution in [0, 0.1) is 5.92 Å². The van der Waals surface area contributed by atoms with Crippen molar-refractivity contribution in [3.63, 3.8) is 0 Å². The highest BCUT2D eigenvalue weighted by Gasteiger charge is 2.20. The summed E-state index contributed by atoms with van der Waals surface area (Å²) in [4.78, 5) is 11.7. The number of aliphatic hydroxyl groups is 1. The smallest absolute Gasteiger partial charge is 0.159 e. The summed E-state index contributed by atoms with van der Waals surface area (Å²) in [7, 11) is 2.19. The minimum absolute atomic E-state index is 0.209. The zero-order chi connectivity index (χ0) is 14.7. The van der Waals surface area contributed by atoms with Crippen molar-refractivity contribution in [2.75, 3.05) is 26.7 Å². The van der Waals surface area contributed by atoms with Gasteiger partial charge in [0.05, 0.1) is 0 Å². The van der Waals surface area contributed by atoms with Gasteiger partial charge in [-0.1, -0.05) is 0 Å². The van der Waals surface area contributed by atoms with Crippen molar-refractivity contribution < 1.29 is 5.11 Å². The molecule has 0 bridgehead atoms. The predicted octanol–water partition coefficient (Wildman–Crippen LogP) is 1.70. The molecule has 0 aromatic carbocycles. The second-order valence-corrected chi connectivity index (χ2v) is 6.05. The number of hydrogen-bond acceptors (Lipinski definition) is 4. The van der Waals surface area contributed by atoms with E-state index in [1.54, 1.807) is 0 Å². The second-order valence-electron chi connectivity index (χ2n) is 6.05. The molecule has 1 saturated heterocycles. The van der Waals surface area contributed by atoms with Crippen LogP contribution in [0.1, 0.15) is 25.1 Å². The summed E-state index contributed by atoms with van der Waals surface area (Å²) in [6, 6.07) is 3.96. The van der Waals surface area contributed by atoms with Gasteiger partial charge in [0, 0.05) is 25.8 Å². The van der Waals surface area contributed by atoms with Gasteiger partial charge in [-0.05, 0) is 57.5 Å². The summed E-state index contributed by atoms with van der Waals surface area (Å²) < 4.78 is 2.20. The van der Waals surface area contributed by atoms with Crippen LogP contribution in [0.5, 0.6) is 0 Å². The number of aliphatic hydroxyl groups excluding tert-OH is 1. The van der Waals surface area contributed by atoms with Gasteiger partial charge >= 0.3 is 0 Å². The van der Waals surface area contributed by atoms with E-state index in [-0.39, 0.29) is 6.61 Å². The molecule has 1 aliphatic heterocycles. The average molecular weight is 288 g/mol. The molecule has 0 amide bonds. The first-order chi connectivity index (χ1) is 10.3. The fourth-order valence-corrected chi connectivity index (χ4v) is 3.15. The quantitative estimate of drug-likeness (QED) is 0.910. The molecule has 114 valence electrons. The molecule has 21 heavy (non-hydrogen) atoms. The molecule has 0 atom stereocenters. The lowest BCUT2D eigenvalue weighted by Gasteiger charge is -2.28. The minimum atomic E-state index is 0.209. The summed E-state index contributed by atoms with van der Waals surface area (Å²) >= 11 is 0.